The Bertz CT molecular complexity index is 1230. The maximum absolute atomic E-state index is 12.9. The largest absolute Gasteiger partial charge is 3.00 e. The van der Waals surface area contributed by atoms with Crippen molar-refractivity contribution in [2.75, 3.05) is 52.5 Å². The van der Waals surface area contributed by atoms with Crippen LogP contribution in [0, 0.1) is 79.7 Å². The monoisotopic (exact) mass is 764 g/mol. The topological polar surface area (TPSA) is 88.1 Å². The number of hydrogen-bond donors (Lipinski definition) is 0. The summed E-state index contributed by atoms with van der Waals surface area (Å²) >= 11 is 0. The molecule has 247 valence electrons. The molecule has 3 aromatic carbocycles. The summed E-state index contributed by atoms with van der Waals surface area (Å²) in [6.45, 7) is 20.3. The fraction of sp³-hybridized carbons (Fsp3) is 0.514. The molecule has 0 unspecified atom stereocenters. The van der Waals surface area contributed by atoms with E-state index in [-0.39, 0.29) is 55.4 Å². The van der Waals surface area contributed by atoms with E-state index in [4.69, 9.17) is 4.74 Å². The van der Waals surface area contributed by atoms with Crippen LogP contribution in [-0.2, 0) is 24.4 Å². The van der Waals surface area contributed by atoms with E-state index in [9.17, 15) is 15.3 Å². The van der Waals surface area contributed by atoms with Crippen molar-refractivity contribution in [1.29, 1.82) is 0 Å². The maximum Gasteiger partial charge on any atom is 3.00 e. The average molecular weight is 763 g/mol. The molecule has 2 saturated heterocycles. The van der Waals surface area contributed by atoms with Gasteiger partial charge in [0.1, 0.15) is 0 Å². The Balaban J connectivity index is 0.000000837. The van der Waals surface area contributed by atoms with Gasteiger partial charge in [-0.25, -0.2) is 0 Å². The van der Waals surface area contributed by atoms with Gasteiger partial charge in [0.15, 0.2) is 0 Å². The van der Waals surface area contributed by atoms with Crippen molar-refractivity contribution in [3.8, 4) is 17.2 Å². The normalized spacial score (nSPS) is 16.7. The summed E-state index contributed by atoms with van der Waals surface area (Å²) in [5.41, 5.74) is 8.15. The van der Waals surface area contributed by atoms with Gasteiger partial charge in [-0.3, -0.25) is 14.7 Å². The van der Waals surface area contributed by atoms with Crippen molar-refractivity contribution in [1.82, 2.24) is 14.7 Å². The molecule has 2 heterocycles. The Labute approximate surface area is 301 Å². The summed E-state index contributed by atoms with van der Waals surface area (Å²) in [5.74, 6) is 0.352. The van der Waals surface area contributed by atoms with Gasteiger partial charge in [0, 0.05) is 72.1 Å². The Morgan fingerprint density at radius 2 is 0.756 bits per heavy atom. The van der Waals surface area contributed by atoms with Crippen LogP contribution in [0.1, 0.15) is 62.9 Å². The standard InChI is InChI=1S/C33H45N3O3.C4H8O.Dy/c1-22-13-25(4)31(37)28(16-22)19-34-7-9-35(20-29-17-23(2)14-26(5)32(29)38)11-12-36(10-8-34)21-30-18-24(3)15-27(6)33(30)39;1-2-4-5-3-1;/h13-18,37-39H,7-12,19-21H2,1-6H3;1-4H2;/q;;+3/p-3. The molecule has 0 saturated carbocycles. The van der Waals surface area contributed by atoms with Crippen molar-refractivity contribution >= 4 is 0 Å². The van der Waals surface area contributed by atoms with E-state index >= 15 is 0 Å². The van der Waals surface area contributed by atoms with E-state index in [1.54, 1.807) is 0 Å². The summed E-state index contributed by atoms with van der Waals surface area (Å²) in [6, 6.07) is 11.9. The summed E-state index contributed by atoms with van der Waals surface area (Å²) in [6.07, 6.45) is 2.56. The SMILES string of the molecule is C1CCOC1.Cc1cc(C)c([O-])c(CN2CCN(Cc3cc(C)cc(C)c3[O-])CCN(Cc3cc(C)cc(C)c3[O-])CC2)c1.[Dy+3]. The second kappa shape index (κ2) is 17.9. The van der Waals surface area contributed by atoms with Gasteiger partial charge in [-0.1, -0.05) is 69.8 Å². The first-order valence-electron chi connectivity index (χ1n) is 16.1. The van der Waals surface area contributed by atoms with Crippen molar-refractivity contribution in [3.63, 3.8) is 0 Å². The Hall–Kier alpha value is -1.83. The van der Waals surface area contributed by atoms with Gasteiger partial charge < -0.3 is 20.1 Å². The summed E-state index contributed by atoms with van der Waals surface area (Å²) in [4.78, 5) is 7.04. The van der Waals surface area contributed by atoms with E-state index in [2.05, 4.69) is 14.7 Å². The van der Waals surface area contributed by atoms with Gasteiger partial charge in [-0.05, 0) is 71.1 Å². The number of aryl methyl sites for hydroxylation is 6. The second-order valence-corrected chi connectivity index (χ2v) is 12.9. The smallest absolute Gasteiger partial charge is 0.872 e. The third-order valence-electron chi connectivity index (χ3n) is 8.69. The molecule has 5 rings (SSSR count). The molecule has 2 aliphatic rings. The molecule has 2 fully saturated rings. The van der Waals surface area contributed by atoms with Crippen molar-refractivity contribution in [3.05, 3.63) is 86.5 Å². The van der Waals surface area contributed by atoms with Crippen molar-refractivity contribution < 1.29 is 58.2 Å². The quantitative estimate of drug-likeness (QED) is 0.369. The minimum absolute atomic E-state index is 0. The van der Waals surface area contributed by atoms with E-state index in [0.29, 0.717) is 19.6 Å². The molecular formula is C37H50DyN3O4. The van der Waals surface area contributed by atoms with Crippen LogP contribution in [0.15, 0.2) is 36.4 Å². The first-order valence-corrected chi connectivity index (χ1v) is 16.1. The predicted molar refractivity (Wildman–Crippen MR) is 172 cm³/mol. The van der Waals surface area contributed by atoms with Crippen LogP contribution in [0.25, 0.3) is 0 Å². The first-order chi connectivity index (χ1) is 21.0. The zero-order valence-electron chi connectivity index (χ0n) is 27.9. The third-order valence-corrected chi connectivity index (χ3v) is 8.69. The van der Waals surface area contributed by atoms with Crippen LogP contribution >= 0.6 is 0 Å². The summed E-state index contributed by atoms with van der Waals surface area (Å²) < 4.78 is 4.94. The number of hydrogen-bond acceptors (Lipinski definition) is 7. The maximum atomic E-state index is 12.9. The Morgan fingerprint density at radius 3 is 0.978 bits per heavy atom. The van der Waals surface area contributed by atoms with E-state index in [1.807, 2.05) is 77.9 Å². The molecule has 7 nitrogen and oxygen atoms in total. The fourth-order valence-electron chi connectivity index (χ4n) is 6.37. The van der Waals surface area contributed by atoms with Crippen LogP contribution in [0.3, 0.4) is 0 Å². The number of benzene rings is 3. The van der Waals surface area contributed by atoms with Gasteiger partial charge in [0.25, 0.3) is 0 Å². The van der Waals surface area contributed by atoms with Crippen LogP contribution in [0.2, 0.25) is 0 Å². The minimum Gasteiger partial charge on any atom is -0.872 e. The van der Waals surface area contributed by atoms with Crippen LogP contribution < -0.4 is 15.3 Å². The van der Waals surface area contributed by atoms with Crippen molar-refractivity contribution in [2.45, 2.75) is 74.0 Å². The molecule has 3 aromatic rings. The number of ether oxygens (including phenoxy) is 1. The first kappa shape index (κ1) is 37.6. The third kappa shape index (κ3) is 11.1. The second-order valence-electron chi connectivity index (χ2n) is 12.9. The van der Waals surface area contributed by atoms with Crippen molar-refractivity contribution in [2.24, 2.45) is 0 Å². The Kier molecular flexibility index (Phi) is 15.0. The average Bonchev–Trinajstić information content (AvgIpc) is 3.57. The van der Waals surface area contributed by atoms with E-state index in [1.165, 1.54) is 12.8 Å². The summed E-state index contributed by atoms with van der Waals surface area (Å²) in [5, 5.41) is 38.7. The molecule has 0 aliphatic carbocycles. The molecule has 1 radical (unpaired) electrons. The van der Waals surface area contributed by atoms with Gasteiger partial charge in [0.2, 0.25) is 0 Å². The van der Waals surface area contributed by atoms with Gasteiger partial charge in [-0.15, -0.1) is 17.2 Å². The predicted octanol–water partition coefficient (Wildman–Crippen LogP) is 4.37. The van der Waals surface area contributed by atoms with Crippen LogP contribution in [-0.4, -0.2) is 67.2 Å². The molecule has 0 aromatic heterocycles. The molecule has 0 spiro atoms. The summed E-state index contributed by atoms with van der Waals surface area (Å²) in [7, 11) is 0. The number of nitrogens with zero attached hydrogens (tertiary/aromatic N) is 3. The molecule has 2 aliphatic heterocycles. The molecular weight excluding hydrogens is 713 g/mol. The van der Waals surface area contributed by atoms with Gasteiger partial charge in [-0.2, -0.15) is 0 Å². The molecule has 45 heavy (non-hydrogen) atoms. The van der Waals surface area contributed by atoms with E-state index in [0.717, 1.165) is 103 Å². The Morgan fingerprint density at radius 1 is 0.489 bits per heavy atom. The van der Waals surface area contributed by atoms with Crippen LogP contribution in [0.5, 0.6) is 17.2 Å². The zero-order valence-corrected chi connectivity index (χ0v) is 30.0. The number of rotatable bonds is 6. The molecule has 0 atom stereocenters. The van der Waals surface area contributed by atoms with Crippen LogP contribution in [0.4, 0.5) is 0 Å². The molecule has 0 amide bonds. The van der Waals surface area contributed by atoms with E-state index < -0.39 is 0 Å². The molecule has 0 bridgehead atoms. The fourth-order valence-corrected chi connectivity index (χ4v) is 6.37. The van der Waals surface area contributed by atoms with Gasteiger partial charge >= 0.3 is 38.2 Å². The minimum atomic E-state index is 0. The molecule has 8 heteroatoms. The zero-order chi connectivity index (χ0) is 31.8. The molecule has 0 N–H and O–H groups in total. The van der Waals surface area contributed by atoms with Gasteiger partial charge in [0.05, 0.1) is 0 Å².